The van der Waals surface area contributed by atoms with E-state index in [4.69, 9.17) is 0 Å². The van der Waals surface area contributed by atoms with Crippen LogP contribution in [-0.2, 0) is 11.2 Å². The van der Waals surface area contributed by atoms with Gasteiger partial charge in [-0.1, -0.05) is 66.7 Å². The lowest BCUT2D eigenvalue weighted by molar-refractivity contribution is -0.113. The van der Waals surface area contributed by atoms with Crippen molar-refractivity contribution in [2.24, 2.45) is 0 Å². The van der Waals surface area contributed by atoms with E-state index in [0.717, 1.165) is 56.4 Å². The number of hydrogen-bond donors (Lipinski definition) is 0. The number of nitrogens with zero attached hydrogens (tertiary/aromatic N) is 2. The maximum atomic E-state index is 13.7. The third kappa shape index (κ3) is 6.25. The highest BCUT2D eigenvalue weighted by Crippen LogP contribution is 2.40. The lowest BCUT2D eigenvalue weighted by Gasteiger charge is -2.28. The van der Waals surface area contributed by atoms with E-state index in [1.807, 2.05) is 0 Å². The predicted octanol–water partition coefficient (Wildman–Crippen LogP) is 11.5. The van der Waals surface area contributed by atoms with Gasteiger partial charge in [0.1, 0.15) is 0 Å². The minimum absolute atomic E-state index is 0.134. The Morgan fingerprint density at radius 1 is 0.447 bits per heavy atom. The third-order valence-corrected chi connectivity index (χ3v) is 8.81. The summed E-state index contributed by atoms with van der Waals surface area (Å²) in [5.74, 6) is 0.134. The van der Waals surface area contributed by atoms with Crippen LogP contribution in [-0.4, -0.2) is 5.78 Å². The zero-order valence-electron chi connectivity index (χ0n) is 27.4. The van der Waals surface area contributed by atoms with E-state index in [2.05, 4.69) is 183 Å². The van der Waals surface area contributed by atoms with Crippen molar-refractivity contribution in [2.75, 3.05) is 9.80 Å². The molecule has 0 bridgehead atoms. The van der Waals surface area contributed by atoms with Crippen LogP contribution in [0.4, 0.5) is 34.1 Å². The topological polar surface area (TPSA) is 23.6 Å². The number of fused-ring (bicyclic) bond motifs is 1. The molecule has 0 atom stereocenters. The van der Waals surface area contributed by atoms with Crippen LogP contribution in [0, 0.1) is 27.7 Å². The van der Waals surface area contributed by atoms with Crippen LogP contribution in [0.25, 0.3) is 11.6 Å². The molecule has 0 unspecified atom stereocenters. The molecule has 3 nitrogen and oxygen atoms in total. The van der Waals surface area contributed by atoms with Gasteiger partial charge >= 0.3 is 0 Å². The number of allylic oxidation sites excluding steroid dienone is 1. The van der Waals surface area contributed by atoms with Gasteiger partial charge in [-0.15, -0.1) is 0 Å². The zero-order chi connectivity index (χ0) is 32.5. The predicted molar refractivity (Wildman–Crippen MR) is 198 cm³/mol. The van der Waals surface area contributed by atoms with Gasteiger partial charge < -0.3 is 9.80 Å². The Kier molecular flexibility index (Phi) is 8.05. The fraction of sp³-hybridized carbons (Fsp3) is 0.114. The average Bonchev–Trinajstić information content (AvgIpc) is 3.05. The molecule has 230 valence electrons. The van der Waals surface area contributed by atoms with E-state index in [9.17, 15) is 4.79 Å². The fourth-order valence-electron chi connectivity index (χ4n) is 6.53. The first kappa shape index (κ1) is 30.0. The second-order valence-corrected chi connectivity index (χ2v) is 12.6. The highest BCUT2D eigenvalue weighted by Gasteiger charge is 2.23. The number of Topliss-reactive ketones (excluding diaryl/α,β-unsaturated/α-hetero) is 1. The maximum Gasteiger partial charge on any atom is 0.167 e. The van der Waals surface area contributed by atoms with E-state index >= 15 is 0 Å². The SMILES string of the molecule is Cc1cccc(N(c2ccc(C3=Cc4ccc(N(c5cccc(C)c5)c5cccc(C)c5)cc4CC3=O)cc2)c2cccc(C)c2)c1. The molecule has 6 aromatic rings. The van der Waals surface area contributed by atoms with Gasteiger partial charge in [0.05, 0.1) is 0 Å². The van der Waals surface area contributed by atoms with E-state index in [0.29, 0.717) is 6.42 Å². The van der Waals surface area contributed by atoms with Crippen LogP contribution >= 0.6 is 0 Å². The highest BCUT2D eigenvalue weighted by molar-refractivity contribution is 6.27. The molecule has 6 aromatic carbocycles. The molecule has 0 amide bonds. The van der Waals surface area contributed by atoms with Crippen molar-refractivity contribution in [3.63, 3.8) is 0 Å². The first-order chi connectivity index (χ1) is 22.8. The summed E-state index contributed by atoms with van der Waals surface area (Å²) in [6.07, 6.45) is 2.42. The van der Waals surface area contributed by atoms with E-state index in [1.165, 1.54) is 22.3 Å². The Labute approximate surface area is 278 Å². The third-order valence-electron chi connectivity index (χ3n) is 8.81. The van der Waals surface area contributed by atoms with Gasteiger partial charge in [0.15, 0.2) is 5.78 Å². The average molecular weight is 611 g/mol. The Morgan fingerprint density at radius 3 is 1.30 bits per heavy atom. The molecule has 3 heteroatoms. The molecule has 0 N–H and O–H groups in total. The van der Waals surface area contributed by atoms with E-state index in [1.54, 1.807) is 0 Å². The van der Waals surface area contributed by atoms with Crippen molar-refractivity contribution in [1.82, 2.24) is 0 Å². The summed E-state index contributed by atoms with van der Waals surface area (Å²) < 4.78 is 0. The minimum Gasteiger partial charge on any atom is -0.310 e. The minimum atomic E-state index is 0.134. The molecule has 1 aliphatic rings. The monoisotopic (exact) mass is 610 g/mol. The van der Waals surface area contributed by atoms with Crippen LogP contribution in [0.5, 0.6) is 0 Å². The molecule has 0 spiro atoms. The molecular formula is C44H38N2O. The molecule has 0 radical (unpaired) electrons. The number of anilines is 6. The lowest BCUT2D eigenvalue weighted by Crippen LogP contribution is -2.15. The molecule has 1 aliphatic carbocycles. The van der Waals surface area contributed by atoms with Crippen LogP contribution < -0.4 is 9.80 Å². The molecule has 0 aromatic heterocycles. The van der Waals surface area contributed by atoms with Crippen molar-refractivity contribution in [1.29, 1.82) is 0 Å². The molecule has 0 saturated carbocycles. The second kappa shape index (κ2) is 12.6. The van der Waals surface area contributed by atoms with Gasteiger partial charge in [-0.25, -0.2) is 0 Å². The quantitative estimate of drug-likeness (QED) is 0.180. The van der Waals surface area contributed by atoms with Gasteiger partial charge in [-0.2, -0.15) is 0 Å². The number of aryl methyl sites for hydroxylation is 4. The van der Waals surface area contributed by atoms with Crippen molar-refractivity contribution < 1.29 is 4.79 Å². The summed E-state index contributed by atoms with van der Waals surface area (Å²) in [5, 5.41) is 0. The highest BCUT2D eigenvalue weighted by atomic mass is 16.1. The molecule has 0 heterocycles. The smallest absolute Gasteiger partial charge is 0.167 e. The maximum absolute atomic E-state index is 13.7. The van der Waals surface area contributed by atoms with Gasteiger partial charge in [-0.3, -0.25) is 4.79 Å². The molecule has 47 heavy (non-hydrogen) atoms. The number of carbonyl (C=O) groups is 1. The summed E-state index contributed by atoms with van der Waals surface area (Å²) in [7, 11) is 0. The van der Waals surface area contributed by atoms with Gasteiger partial charge in [0.25, 0.3) is 0 Å². The van der Waals surface area contributed by atoms with Crippen molar-refractivity contribution in [3.05, 3.63) is 178 Å². The zero-order valence-corrected chi connectivity index (χ0v) is 27.4. The number of rotatable bonds is 7. The standard InChI is InChI=1S/C44H38N2O/c1-30-9-5-13-38(23-30)45(39-14-6-10-31(2)24-39)37-20-17-34(18-21-37)43-28-35-19-22-42(27-36(35)29-44(43)47)46(40-15-7-11-32(3)25-40)41-16-8-12-33(4)26-41/h5-28H,29H2,1-4H3. The Bertz CT molecular complexity index is 2050. The molecule has 0 saturated heterocycles. The number of carbonyl (C=O) groups excluding carboxylic acids is 1. The first-order valence-corrected chi connectivity index (χ1v) is 16.2. The Morgan fingerprint density at radius 2 is 0.851 bits per heavy atom. The van der Waals surface area contributed by atoms with Crippen molar-refractivity contribution in [3.8, 4) is 0 Å². The number of ketones is 1. The summed E-state index contributed by atoms with van der Waals surface area (Å²) in [5.41, 5.74) is 15.1. The summed E-state index contributed by atoms with van der Waals surface area (Å²) in [6, 6.07) is 49.1. The van der Waals surface area contributed by atoms with Crippen molar-refractivity contribution >= 4 is 51.6 Å². The van der Waals surface area contributed by atoms with E-state index in [-0.39, 0.29) is 5.78 Å². The van der Waals surface area contributed by atoms with Gasteiger partial charge in [0.2, 0.25) is 0 Å². The van der Waals surface area contributed by atoms with Crippen LogP contribution in [0.2, 0.25) is 0 Å². The fourth-order valence-corrected chi connectivity index (χ4v) is 6.53. The normalized spacial score (nSPS) is 12.3. The number of hydrogen-bond acceptors (Lipinski definition) is 3. The number of benzene rings is 6. The summed E-state index contributed by atoms with van der Waals surface area (Å²) in [6.45, 7) is 8.47. The Hall–Kier alpha value is -5.67. The molecule has 0 aliphatic heterocycles. The lowest BCUT2D eigenvalue weighted by atomic mass is 9.87. The van der Waals surface area contributed by atoms with Crippen molar-refractivity contribution in [2.45, 2.75) is 34.1 Å². The van der Waals surface area contributed by atoms with Crippen LogP contribution in [0.1, 0.15) is 38.9 Å². The van der Waals surface area contributed by atoms with Gasteiger partial charge in [-0.05, 0) is 146 Å². The summed E-state index contributed by atoms with van der Waals surface area (Å²) in [4.78, 5) is 18.3. The van der Waals surface area contributed by atoms with E-state index < -0.39 is 0 Å². The Balaban J connectivity index is 1.23. The second-order valence-electron chi connectivity index (χ2n) is 12.6. The molecule has 7 rings (SSSR count). The summed E-state index contributed by atoms with van der Waals surface area (Å²) >= 11 is 0. The van der Waals surface area contributed by atoms with Gasteiger partial charge in [0, 0.05) is 46.1 Å². The van der Waals surface area contributed by atoms with Crippen LogP contribution in [0.15, 0.2) is 140 Å². The first-order valence-electron chi connectivity index (χ1n) is 16.2. The largest absolute Gasteiger partial charge is 0.310 e. The molecular weight excluding hydrogens is 572 g/mol. The van der Waals surface area contributed by atoms with Crippen LogP contribution in [0.3, 0.4) is 0 Å². The molecule has 0 fully saturated rings.